The van der Waals surface area contributed by atoms with Crippen LogP contribution >= 0.6 is 0 Å². The van der Waals surface area contributed by atoms with Gasteiger partial charge < -0.3 is 9.87 Å². The van der Waals surface area contributed by atoms with Crippen molar-refractivity contribution >= 4 is 32.2 Å². The maximum absolute atomic E-state index is 10.8. The second-order valence-corrected chi connectivity index (χ2v) is 8.22. The molecule has 1 amide bonds. The molecule has 1 aromatic rings. The van der Waals surface area contributed by atoms with Crippen molar-refractivity contribution in [3.63, 3.8) is 0 Å². The minimum Gasteiger partial charge on any atom is -0.744 e. The van der Waals surface area contributed by atoms with Crippen LogP contribution in [0.1, 0.15) is 19.4 Å². The summed E-state index contributed by atoms with van der Waals surface area (Å²) in [7, 11) is -8.34. The molecule has 0 fully saturated rings. The molecule has 1 rings (SSSR count). The topological polar surface area (TPSA) is 141 Å². The minimum atomic E-state index is -4.25. The van der Waals surface area contributed by atoms with Crippen LogP contribution in [0.3, 0.4) is 0 Å². The van der Waals surface area contributed by atoms with Gasteiger partial charge in [0.25, 0.3) is 10.1 Å². The van der Waals surface area contributed by atoms with Crippen molar-refractivity contribution in [1.29, 1.82) is 0 Å². The van der Waals surface area contributed by atoms with Gasteiger partial charge in [-0.1, -0.05) is 36.9 Å². The van der Waals surface area contributed by atoms with E-state index in [2.05, 4.69) is 11.9 Å². The molecule has 8 nitrogen and oxygen atoms in total. The van der Waals surface area contributed by atoms with Gasteiger partial charge in [0.2, 0.25) is 5.91 Å². The molecule has 0 spiro atoms. The number of rotatable bonds is 6. The summed E-state index contributed by atoms with van der Waals surface area (Å²) in [4.78, 5) is 10.8. The molecule has 11 heteroatoms. The molecule has 2 N–H and O–H groups in total. The molecule has 0 aliphatic heterocycles. The quantitative estimate of drug-likeness (QED) is 0.317. The molecule has 0 aromatic heterocycles. The number of carbonyl (C=O) groups excluding carboxylic acids is 1. The molecule has 1 aromatic carbocycles. The summed E-state index contributed by atoms with van der Waals surface area (Å²) in [6, 6.07) is 8.75. The van der Waals surface area contributed by atoms with Crippen LogP contribution in [0.2, 0.25) is 0 Å². The molecule has 0 bridgehead atoms. The van der Waals surface area contributed by atoms with Crippen molar-refractivity contribution in [3.05, 3.63) is 54.0 Å². The van der Waals surface area contributed by atoms with Crippen LogP contribution in [-0.2, 0) is 25.0 Å². The van der Waals surface area contributed by atoms with E-state index >= 15 is 0 Å². The van der Waals surface area contributed by atoms with Crippen LogP contribution in [0, 0.1) is 0 Å². The van der Waals surface area contributed by atoms with Gasteiger partial charge in [0.05, 0.1) is 11.3 Å². The summed E-state index contributed by atoms with van der Waals surface area (Å²) in [5.41, 5.74) is -0.310. The molecular formula is C15H20NNaO7S2. The van der Waals surface area contributed by atoms with Gasteiger partial charge in [0.1, 0.15) is 10.1 Å². The Morgan fingerprint density at radius 2 is 1.73 bits per heavy atom. The average molecular weight is 413 g/mol. The van der Waals surface area contributed by atoms with Gasteiger partial charge in [0.15, 0.2) is 0 Å². The summed E-state index contributed by atoms with van der Waals surface area (Å²) in [6.45, 7) is 6.19. The fraction of sp³-hybridized carbons (Fsp3) is 0.267. The third-order valence-electron chi connectivity index (χ3n) is 2.42. The summed E-state index contributed by atoms with van der Waals surface area (Å²) < 4.78 is 60.0. The molecule has 0 unspecified atom stereocenters. The zero-order valence-corrected chi connectivity index (χ0v) is 18.4. The van der Waals surface area contributed by atoms with Gasteiger partial charge >= 0.3 is 29.6 Å². The molecule has 0 aliphatic rings. The third-order valence-corrected chi connectivity index (χ3v) is 3.97. The zero-order chi connectivity index (χ0) is 19.7. The number of hydrogen-bond acceptors (Lipinski definition) is 6. The van der Waals surface area contributed by atoms with Gasteiger partial charge in [-0.3, -0.25) is 9.35 Å². The van der Waals surface area contributed by atoms with Crippen LogP contribution in [0.5, 0.6) is 0 Å². The van der Waals surface area contributed by atoms with Crippen LogP contribution in [0.25, 0.3) is 6.08 Å². The third kappa shape index (κ3) is 16.5. The van der Waals surface area contributed by atoms with Crippen LogP contribution in [0.15, 0.2) is 48.4 Å². The van der Waals surface area contributed by atoms with E-state index in [1.807, 2.05) is 6.07 Å². The van der Waals surface area contributed by atoms with E-state index in [1.54, 1.807) is 24.3 Å². The fourth-order valence-electron chi connectivity index (χ4n) is 1.60. The smallest absolute Gasteiger partial charge is 0.744 e. The Balaban J connectivity index is 0. The summed E-state index contributed by atoms with van der Waals surface area (Å²) in [5, 5.41) is 3.01. The monoisotopic (exact) mass is 413 g/mol. The van der Waals surface area contributed by atoms with Crippen molar-refractivity contribution in [3.8, 4) is 0 Å². The maximum atomic E-state index is 10.8. The first-order valence-electron chi connectivity index (χ1n) is 6.83. The average Bonchev–Trinajstić information content (AvgIpc) is 2.43. The van der Waals surface area contributed by atoms with Gasteiger partial charge in [-0.05, 0) is 31.6 Å². The summed E-state index contributed by atoms with van der Waals surface area (Å²) in [5.74, 6) is -1.01. The molecule has 140 valence electrons. The largest absolute Gasteiger partial charge is 1.00 e. The van der Waals surface area contributed by atoms with E-state index < -0.39 is 37.4 Å². The van der Waals surface area contributed by atoms with E-state index in [0.29, 0.717) is 11.0 Å². The van der Waals surface area contributed by atoms with Crippen LogP contribution < -0.4 is 34.9 Å². The van der Waals surface area contributed by atoms with Crippen LogP contribution in [-0.4, -0.2) is 43.1 Å². The van der Waals surface area contributed by atoms with E-state index in [9.17, 15) is 26.2 Å². The van der Waals surface area contributed by atoms with Crippen molar-refractivity contribution in [2.45, 2.75) is 19.4 Å². The molecular weight excluding hydrogens is 393 g/mol. The first-order valence-corrected chi connectivity index (χ1v) is 9.91. The Hall–Kier alpha value is -1.01. The van der Waals surface area contributed by atoms with Gasteiger partial charge in [0, 0.05) is 5.41 Å². The summed E-state index contributed by atoms with van der Waals surface area (Å²) in [6.07, 6.45) is 2.30. The van der Waals surface area contributed by atoms with E-state index in [4.69, 9.17) is 4.55 Å². The molecule has 0 radical (unpaired) electrons. The fourth-order valence-corrected chi connectivity index (χ4v) is 2.91. The first-order chi connectivity index (χ1) is 11.2. The Morgan fingerprint density at radius 3 is 2.12 bits per heavy atom. The molecule has 0 saturated heterocycles. The van der Waals surface area contributed by atoms with E-state index in [1.165, 1.54) is 19.9 Å². The molecule has 0 heterocycles. The number of carbonyl (C=O) groups is 1. The van der Waals surface area contributed by atoms with E-state index in [0.717, 1.165) is 6.08 Å². The Kier molecular flexibility index (Phi) is 12.2. The van der Waals surface area contributed by atoms with E-state index in [-0.39, 0.29) is 29.6 Å². The summed E-state index contributed by atoms with van der Waals surface area (Å²) >= 11 is 0. The first kappa shape index (κ1) is 27.2. The SMILES string of the molecule is C=CC(=O)NC(C)(C)CS(=O)(=O)O.O=S(=O)([O-])C=Cc1ccccc1.[Na+]. The second-order valence-electron chi connectivity index (χ2n) is 5.51. The van der Waals surface area contributed by atoms with Gasteiger partial charge in [-0.2, -0.15) is 8.42 Å². The second kappa shape index (κ2) is 11.7. The van der Waals surface area contributed by atoms with Crippen molar-refractivity contribution < 1.29 is 60.3 Å². The van der Waals surface area contributed by atoms with Crippen molar-refractivity contribution in [2.75, 3.05) is 5.75 Å². The standard InChI is InChI=1S/C8H8O3S.C7H13NO4S.Na/c9-12(10,11)7-6-8-4-2-1-3-5-8;1-4-6(9)8-7(2,3)5-13(10,11)12;/h1-7H,(H,9,10,11);4H,1,5H2,2-3H3,(H,8,9)(H,10,11,12);/q;;+1/p-1. The number of nitrogens with one attached hydrogen (secondary N) is 1. The molecule has 0 aliphatic carbocycles. The molecule has 26 heavy (non-hydrogen) atoms. The zero-order valence-electron chi connectivity index (χ0n) is 14.7. The number of benzene rings is 1. The van der Waals surface area contributed by atoms with Crippen molar-refractivity contribution in [1.82, 2.24) is 5.32 Å². The maximum Gasteiger partial charge on any atom is 1.00 e. The Bertz CT molecular complexity index is 817. The Morgan fingerprint density at radius 1 is 1.23 bits per heavy atom. The predicted molar refractivity (Wildman–Crippen MR) is 94.0 cm³/mol. The van der Waals surface area contributed by atoms with Gasteiger partial charge in [-0.25, -0.2) is 8.42 Å². The molecule has 0 saturated carbocycles. The Labute approximate surface area is 176 Å². The number of hydrogen-bond donors (Lipinski definition) is 2. The van der Waals surface area contributed by atoms with Gasteiger partial charge in [-0.15, -0.1) is 0 Å². The number of amides is 1. The normalized spacial score (nSPS) is 11.7. The molecule has 0 atom stereocenters. The minimum absolute atomic E-state index is 0. The predicted octanol–water partition coefficient (Wildman–Crippen LogP) is -1.84. The van der Waals surface area contributed by atoms with Crippen molar-refractivity contribution in [2.24, 2.45) is 0 Å². The van der Waals surface area contributed by atoms with Crippen LogP contribution in [0.4, 0.5) is 0 Å².